The summed E-state index contributed by atoms with van der Waals surface area (Å²) in [5, 5.41) is 83.6. The van der Waals surface area contributed by atoms with Gasteiger partial charge in [-0.05, 0) is 35.8 Å². The lowest BCUT2D eigenvalue weighted by molar-refractivity contribution is -0.352. The predicted octanol–water partition coefficient (Wildman–Crippen LogP) is -2.42. The van der Waals surface area contributed by atoms with Crippen molar-refractivity contribution in [2.45, 2.75) is 74.1 Å². The second kappa shape index (κ2) is 17.5. The van der Waals surface area contributed by atoms with E-state index in [0.29, 0.717) is 17.6 Å². The Morgan fingerprint density at radius 2 is 1.43 bits per heavy atom. The molecule has 8 N–H and O–H groups in total. The van der Waals surface area contributed by atoms with Crippen LogP contribution in [0.4, 0.5) is 0 Å². The van der Waals surface area contributed by atoms with Gasteiger partial charge in [0, 0.05) is 12.0 Å². The summed E-state index contributed by atoms with van der Waals surface area (Å²) in [6, 6.07) is 2.88. The van der Waals surface area contributed by atoms with Gasteiger partial charge in [0.05, 0.1) is 52.3 Å². The highest BCUT2D eigenvalue weighted by Gasteiger charge is 2.51. The van der Waals surface area contributed by atoms with Gasteiger partial charge >= 0.3 is 11.9 Å². The van der Waals surface area contributed by atoms with Gasteiger partial charge in [0.25, 0.3) is 0 Å². The number of ether oxygens (including phenoxy) is 9. The summed E-state index contributed by atoms with van der Waals surface area (Å²) >= 11 is 0. The Balaban J connectivity index is 1.20. The maximum Gasteiger partial charge on any atom is 0.337 e. The van der Waals surface area contributed by atoms with Gasteiger partial charge in [-0.2, -0.15) is 0 Å². The summed E-state index contributed by atoms with van der Waals surface area (Å²) in [5.74, 6) is -2.73. The minimum Gasteiger partial charge on any atom is -0.502 e. The molecule has 2 saturated heterocycles. The number of aromatic hydroxyl groups is 1. The molecule has 0 saturated carbocycles. The number of allylic oxidation sites excluding steroid dienone is 1. The third-order valence-corrected chi connectivity index (χ3v) is 9.45. The maximum absolute atomic E-state index is 12.5. The molecule has 0 radical (unpaired) electrons. The first-order valence-corrected chi connectivity index (χ1v) is 16.5. The summed E-state index contributed by atoms with van der Waals surface area (Å²) in [5.41, 5.74) is 1.12. The fourth-order valence-electron chi connectivity index (χ4n) is 6.49. The van der Waals surface area contributed by atoms with Crippen molar-refractivity contribution < 1.29 is 93.1 Å². The Labute approximate surface area is 302 Å². The number of aliphatic hydroxyl groups is 7. The highest BCUT2D eigenvalue weighted by molar-refractivity contribution is 5.89. The molecule has 0 bridgehead atoms. The average molecular weight is 757 g/mol. The summed E-state index contributed by atoms with van der Waals surface area (Å²) < 4.78 is 48.6. The van der Waals surface area contributed by atoms with Crippen LogP contribution in [0.5, 0.6) is 17.2 Å². The number of carbonyl (C=O) groups excluding carboxylic acids is 2. The third-order valence-electron chi connectivity index (χ3n) is 9.45. The molecular weight excluding hydrogens is 712 g/mol. The Morgan fingerprint density at radius 1 is 0.830 bits per heavy atom. The van der Waals surface area contributed by atoms with Crippen LogP contribution >= 0.6 is 0 Å². The molecule has 0 aromatic heterocycles. The van der Waals surface area contributed by atoms with E-state index in [1.165, 1.54) is 39.5 Å². The van der Waals surface area contributed by atoms with E-state index in [2.05, 4.69) is 0 Å². The summed E-state index contributed by atoms with van der Waals surface area (Å²) in [4.78, 5) is 24.8. The molecule has 0 unspecified atom stereocenters. The highest BCUT2D eigenvalue weighted by atomic mass is 16.8. The molecule has 5 rings (SSSR count). The van der Waals surface area contributed by atoms with E-state index in [9.17, 15) is 50.4 Å². The number of phenolic OH excluding ortho intramolecular Hbond substituents is 1. The van der Waals surface area contributed by atoms with Crippen molar-refractivity contribution >= 4 is 18.0 Å². The van der Waals surface area contributed by atoms with Crippen molar-refractivity contribution in [1.82, 2.24) is 0 Å². The van der Waals surface area contributed by atoms with Crippen molar-refractivity contribution in [1.29, 1.82) is 0 Å². The zero-order valence-electron chi connectivity index (χ0n) is 28.9. The quantitative estimate of drug-likeness (QED) is 0.0591. The zero-order chi connectivity index (χ0) is 38.6. The van der Waals surface area contributed by atoms with Crippen molar-refractivity contribution in [2.75, 3.05) is 41.2 Å². The van der Waals surface area contributed by atoms with Crippen LogP contribution in [0, 0.1) is 11.8 Å². The molecule has 0 spiro atoms. The minimum absolute atomic E-state index is 0.0945. The largest absolute Gasteiger partial charge is 0.502 e. The highest BCUT2D eigenvalue weighted by Crippen LogP contribution is 2.44. The number of esters is 2. The normalized spacial score (nSPS) is 35.5. The molecule has 19 heteroatoms. The zero-order valence-corrected chi connectivity index (χ0v) is 28.9. The summed E-state index contributed by atoms with van der Waals surface area (Å²) in [7, 11) is 3.89. The monoisotopic (exact) mass is 756 g/mol. The SMILES string of the molecule is COC(=O)C1=CO[C@@H](O[C@@H]2O[C@H](CO[C@@H]3O[C@H](COC(=O)/C=C/c4cc(OC)c(O)c(OC)c4)[C@@H](O)[C@H](O)[C@H]3O)[C@@H](O)[C@H](O)[C@H]2O)[C@@H]2C(CO)=CC[C@H]12. The van der Waals surface area contributed by atoms with E-state index in [-0.39, 0.29) is 29.4 Å². The number of carbonyl (C=O) groups is 2. The molecule has 1 aromatic carbocycles. The van der Waals surface area contributed by atoms with Crippen LogP contribution < -0.4 is 9.47 Å². The van der Waals surface area contributed by atoms with Gasteiger partial charge in [-0.15, -0.1) is 0 Å². The molecule has 2 fully saturated rings. The van der Waals surface area contributed by atoms with E-state index in [4.69, 9.17) is 42.6 Å². The number of methoxy groups -OCH3 is 3. The van der Waals surface area contributed by atoms with Gasteiger partial charge in [-0.3, -0.25) is 0 Å². The van der Waals surface area contributed by atoms with Gasteiger partial charge in [0.2, 0.25) is 12.0 Å². The first-order valence-electron chi connectivity index (χ1n) is 16.5. The molecule has 0 amide bonds. The number of fused-ring (bicyclic) bond motifs is 1. The molecule has 53 heavy (non-hydrogen) atoms. The molecule has 294 valence electrons. The third kappa shape index (κ3) is 8.60. The van der Waals surface area contributed by atoms with Crippen LogP contribution in [-0.2, 0) is 42.7 Å². The van der Waals surface area contributed by atoms with Crippen molar-refractivity contribution in [3.63, 3.8) is 0 Å². The second-order valence-electron chi connectivity index (χ2n) is 12.6. The number of aliphatic hydroxyl groups excluding tert-OH is 7. The van der Waals surface area contributed by atoms with E-state index in [1.54, 1.807) is 6.08 Å². The number of hydrogen-bond acceptors (Lipinski definition) is 19. The van der Waals surface area contributed by atoms with E-state index in [0.717, 1.165) is 12.3 Å². The van der Waals surface area contributed by atoms with Crippen molar-refractivity contribution in [3.05, 3.63) is 47.3 Å². The Hall–Kier alpha value is -3.86. The van der Waals surface area contributed by atoms with Crippen LogP contribution in [0.3, 0.4) is 0 Å². The molecule has 3 heterocycles. The second-order valence-corrected chi connectivity index (χ2v) is 12.6. The molecule has 1 aliphatic carbocycles. The Bertz CT molecular complexity index is 1520. The molecule has 1 aromatic rings. The molecule has 13 atom stereocenters. The average Bonchev–Trinajstić information content (AvgIpc) is 3.61. The topological polar surface area (TPSA) is 279 Å². The summed E-state index contributed by atoms with van der Waals surface area (Å²) in [6.07, 6.45) is -12.4. The fourth-order valence-corrected chi connectivity index (χ4v) is 6.49. The summed E-state index contributed by atoms with van der Waals surface area (Å²) in [6.45, 7) is -1.59. The minimum atomic E-state index is -1.83. The smallest absolute Gasteiger partial charge is 0.337 e. The first kappa shape index (κ1) is 40.3. The van der Waals surface area contributed by atoms with Gasteiger partial charge in [0.1, 0.15) is 55.4 Å². The lowest BCUT2D eigenvalue weighted by Gasteiger charge is -2.44. The number of phenols is 1. The lowest BCUT2D eigenvalue weighted by Crippen LogP contribution is -2.62. The van der Waals surface area contributed by atoms with E-state index < -0.39 is 105 Å². The Morgan fingerprint density at radius 3 is 2.04 bits per heavy atom. The number of hydrogen-bond donors (Lipinski definition) is 8. The van der Waals surface area contributed by atoms with Gasteiger partial charge < -0.3 is 83.5 Å². The number of rotatable bonds is 13. The van der Waals surface area contributed by atoms with Crippen LogP contribution in [0.25, 0.3) is 6.08 Å². The Kier molecular flexibility index (Phi) is 13.3. The van der Waals surface area contributed by atoms with E-state index >= 15 is 0 Å². The van der Waals surface area contributed by atoms with Gasteiger partial charge in [-0.25, -0.2) is 9.59 Å². The van der Waals surface area contributed by atoms with Crippen LogP contribution in [0.2, 0.25) is 0 Å². The number of benzene rings is 1. The standard InChI is InChI=1S/C34H44O19/c1-45-18-8-14(9-19(46-2)24(18)37)4-7-22(36)48-12-20-25(38)27(40)29(42)33(51-20)50-13-21-26(39)28(41)30(43)34(52-21)53-32-23-15(10-35)5-6-16(23)17(11-49-32)31(44)47-3/h4-5,7-9,11,16,20-21,23,25-30,32-35,37-43H,6,10,12-13H2,1-3H3/b7-4+/t16-,20-,21-,23-,25-,26-,27+,28+,29-,30-,32+,33-,34+/m1/s1. The maximum atomic E-state index is 12.5. The fraction of sp³-hybridized carbons (Fsp3) is 0.588. The van der Waals surface area contributed by atoms with Gasteiger partial charge in [-0.1, -0.05) is 6.08 Å². The molecule has 4 aliphatic rings. The van der Waals surface area contributed by atoms with Crippen molar-refractivity contribution in [2.24, 2.45) is 11.8 Å². The van der Waals surface area contributed by atoms with E-state index in [1.807, 2.05) is 0 Å². The van der Waals surface area contributed by atoms with Gasteiger partial charge in [0.15, 0.2) is 24.1 Å². The first-order chi connectivity index (χ1) is 25.3. The molecular formula is C34H44O19. The van der Waals surface area contributed by atoms with Crippen molar-refractivity contribution in [3.8, 4) is 17.2 Å². The van der Waals surface area contributed by atoms with Crippen LogP contribution in [0.1, 0.15) is 12.0 Å². The predicted molar refractivity (Wildman–Crippen MR) is 173 cm³/mol. The lowest BCUT2D eigenvalue weighted by atomic mass is 9.83. The molecule has 3 aliphatic heterocycles. The van der Waals surface area contributed by atoms with Crippen LogP contribution in [0.15, 0.2) is 41.7 Å². The molecule has 19 nitrogen and oxygen atoms in total. The van der Waals surface area contributed by atoms with Crippen LogP contribution in [-0.4, -0.2) is 162 Å².